The summed E-state index contributed by atoms with van der Waals surface area (Å²) < 4.78 is 5.93. The summed E-state index contributed by atoms with van der Waals surface area (Å²) in [4.78, 5) is 16.6. The molecule has 1 heterocycles. The van der Waals surface area contributed by atoms with E-state index >= 15 is 0 Å². The lowest BCUT2D eigenvalue weighted by molar-refractivity contribution is 0.0866. The Morgan fingerprint density at radius 2 is 1.87 bits per heavy atom. The van der Waals surface area contributed by atoms with Gasteiger partial charge in [0.2, 0.25) is 5.88 Å². The molecule has 5 nitrogen and oxygen atoms in total. The zero-order chi connectivity index (χ0) is 16.1. The monoisotopic (exact) mass is 318 g/mol. The van der Waals surface area contributed by atoms with Crippen LogP contribution in [0.1, 0.15) is 68.1 Å². The maximum atomic E-state index is 12.4. The highest BCUT2D eigenvalue weighted by Crippen LogP contribution is 2.23. The molecule has 0 bridgehead atoms. The minimum absolute atomic E-state index is 0.0812. The number of aliphatic hydroxyl groups is 1. The van der Waals surface area contributed by atoms with Gasteiger partial charge >= 0.3 is 0 Å². The fraction of sp³-hybridized carbons (Fsp3) is 0.667. The SMILES string of the molecule is O=C(NC1CCC(O)CC1)c1ccnc(OC2CCCCC2)c1. The second kappa shape index (κ2) is 7.77. The second-order valence-electron chi connectivity index (χ2n) is 6.74. The first-order chi connectivity index (χ1) is 11.2. The lowest BCUT2D eigenvalue weighted by Gasteiger charge is -2.26. The van der Waals surface area contributed by atoms with E-state index in [4.69, 9.17) is 4.74 Å². The normalized spacial score (nSPS) is 25.8. The zero-order valence-electron chi connectivity index (χ0n) is 13.5. The van der Waals surface area contributed by atoms with Crippen LogP contribution in [0.2, 0.25) is 0 Å². The summed E-state index contributed by atoms with van der Waals surface area (Å²) in [7, 11) is 0. The number of nitrogens with one attached hydrogen (secondary N) is 1. The van der Waals surface area contributed by atoms with Crippen LogP contribution < -0.4 is 10.1 Å². The first-order valence-corrected chi connectivity index (χ1v) is 8.82. The lowest BCUT2D eigenvalue weighted by atomic mass is 9.93. The summed E-state index contributed by atoms with van der Waals surface area (Å²) in [5.74, 6) is 0.464. The molecule has 0 aromatic carbocycles. The third-order valence-corrected chi connectivity index (χ3v) is 4.87. The maximum absolute atomic E-state index is 12.4. The van der Waals surface area contributed by atoms with Gasteiger partial charge in [-0.3, -0.25) is 4.79 Å². The van der Waals surface area contributed by atoms with Gasteiger partial charge in [-0.1, -0.05) is 6.42 Å². The Morgan fingerprint density at radius 3 is 2.61 bits per heavy atom. The Kier molecular flexibility index (Phi) is 5.49. The van der Waals surface area contributed by atoms with Crippen LogP contribution in [-0.4, -0.2) is 34.2 Å². The van der Waals surface area contributed by atoms with Gasteiger partial charge in [0, 0.05) is 23.9 Å². The molecule has 0 spiro atoms. The molecule has 126 valence electrons. The molecular formula is C18H26N2O3. The lowest BCUT2D eigenvalue weighted by Crippen LogP contribution is -2.38. The average Bonchev–Trinajstić information content (AvgIpc) is 2.58. The largest absolute Gasteiger partial charge is 0.474 e. The minimum Gasteiger partial charge on any atom is -0.474 e. The van der Waals surface area contributed by atoms with Crippen molar-refractivity contribution in [3.05, 3.63) is 23.9 Å². The van der Waals surface area contributed by atoms with E-state index in [1.165, 1.54) is 19.3 Å². The van der Waals surface area contributed by atoms with Crippen LogP contribution in [0.3, 0.4) is 0 Å². The van der Waals surface area contributed by atoms with E-state index in [2.05, 4.69) is 10.3 Å². The van der Waals surface area contributed by atoms with Crippen LogP contribution in [-0.2, 0) is 0 Å². The number of pyridine rings is 1. The van der Waals surface area contributed by atoms with Crippen molar-refractivity contribution in [1.29, 1.82) is 0 Å². The molecule has 0 aliphatic heterocycles. The summed E-state index contributed by atoms with van der Waals surface area (Å²) in [6.45, 7) is 0. The molecule has 2 saturated carbocycles. The summed E-state index contributed by atoms with van der Waals surface area (Å²) in [5, 5.41) is 12.6. The number of aromatic nitrogens is 1. The van der Waals surface area contributed by atoms with Gasteiger partial charge in [0.05, 0.1) is 6.10 Å². The number of aliphatic hydroxyl groups excluding tert-OH is 1. The van der Waals surface area contributed by atoms with E-state index in [-0.39, 0.29) is 24.2 Å². The number of carbonyl (C=O) groups is 1. The van der Waals surface area contributed by atoms with Crippen LogP contribution in [0.25, 0.3) is 0 Å². The maximum Gasteiger partial charge on any atom is 0.251 e. The van der Waals surface area contributed by atoms with Crippen molar-refractivity contribution in [3.63, 3.8) is 0 Å². The smallest absolute Gasteiger partial charge is 0.251 e. The molecular weight excluding hydrogens is 292 g/mol. The summed E-state index contributed by atoms with van der Waals surface area (Å²) >= 11 is 0. The van der Waals surface area contributed by atoms with E-state index < -0.39 is 0 Å². The summed E-state index contributed by atoms with van der Waals surface area (Å²) in [6.07, 6.45) is 10.7. The van der Waals surface area contributed by atoms with Crippen molar-refractivity contribution in [2.45, 2.75) is 76.0 Å². The van der Waals surface area contributed by atoms with Crippen molar-refractivity contribution in [2.24, 2.45) is 0 Å². The Bertz CT molecular complexity index is 521. The Labute approximate surface area is 137 Å². The third kappa shape index (κ3) is 4.67. The molecule has 0 unspecified atom stereocenters. The van der Waals surface area contributed by atoms with Gasteiger partial charge in [0.25, 0.3) is 5.91 Å². The molecule has 1 aromatic heterocycles. The number of hydrogen-bond donors (Lipinski definition) is 2. The highest BCUT2D eigenvalue weighted by Gasteiger charge is 2.22. The Hall–Kier alpha value is -1.62. The highest BCUT2D eigenvalue weighted by molar-refractivity contribution is 5.94. The average molecular weight is 318 g/mol. The van der Waals surface area contributed by atoms with Crippen LogP contribution >= 0.6 is 0 Å². The molecule has 23 heavy (non-hydrogen) atoms. The molecule has 2 N–H and O–H groups in total. The molecule has 0 radical (unpaired) electrons. The quantitative estimate of drug-likeness (QED) is 0.895. The molecule has 0 saturated heterocycles. The standard InChI is InChI=1S/C18H26N2O3/c21-15-8-6-14(7-9-15)20-18(22)13-10-11-19-17(12-13)23-16-4-2-1-3-5-16/h10-12,14-16,21H,1-9H2,(H,20,22). The minimum atomic E-state index is -0.209. The van der Waals surface area contributed by atoms with E-state index in [9.17, 15) is 9.90 Å². The second-order valence-corrected chi connectivity index (χ2v) is 6.74. The number of nitrogens with zero attached hydrogens (tertiary/aromatic N) is 1. The Balaban J connectivity index is 1.56. The molecule has 3 rings (SSSR count). The molecule has 1 amide bonds. The number of hydrogen-bond acceptors (Lipinski definition) is 4. The fourth-order valence-electron chi connectivity index (χ4n) is 3.46. The van der Waals surface area contributed by atoms with E-state index in [0.717, 1.165) is 38.5 Å². The fourth-order valence-corrected chi connectivity index (χ4v) is 3.46. The van der Waals surface area contributed by atoms with Gasteiger partial charge in [-0.05, 0) is 57.4 Å². The molecule has 2 aliphatic carbocycles. The van der Waals surface area contributed by atoms with Crippen LogP contribution in [0, 0.1) is 0 Å². The van der Waals surface area contributed by atoms with Crippen molar-refractivity contribution in [3.8, 4) is 5.88 Å². The van der Waals surface area contributed by atoms with Gasteiger partial charge < -0.3 is 15.2 Å². The molecule has 1 aromatic rings. The third-order valence-electron chi connectivity index (χ3n) is 4.87. The Morgan fingerprint density at radius 1 is 1.13 bits per heavy atom. The van der Waals surface area contributed by atoms with Gasteiger partial charge in [0.1, 0.15) is 6.10 Å². The van der Waals surface area contributed by atoms with Crippen LogP contribution in [0.15, 0.2) is 18.3 Å². The molecule has 2 fully saturated rings. The highest BCUT2D eigenvalue weighted by atomic mass is 16.5. The van der Waals surface area contributed by atoms with E-state index in [1.807, 2.05) is 0 Å². The predicted octanol–water partition coefficient (Wildman–Crippen LogP) is 2.83. The number of amides is 1. The first kappa shape index (κ1) is 16.2. The van der Waals surface area contributed by atoms with Crippen molar-refractivity contribution < 1.29 is 14.6 Å². The van der Waals surface area contributed by atoms with Crippen LogP contribution in [0.5, 0.6) is 5.88 Å². The van der Waals surface area contributed by atoms with E-state index in [0.29, 0.717) is 11.4 Å². The summed E-state index contributed by atoms with van der Waals surface area (Å²) in [5.41, 5.74) is 0.594. The molecule has 2 aliphatic rings. The number of carbonyl (C=O) groups excluding carboxylic acids is 1. The van der Waals surface area contributed by atoms with Crippen LogP contribution in [0.4, 0.5) is 0 Å². The zero-order valence-corrected chi connectivity index (χ0v) is 13.5. The van der Waals surface area contributed by atoms with Crippen molar-refractivity contribution >= 4 is 5.91 Å². The van der Waals surface area contributed by atoms with Gasteiger partial charge in [-0.25, -0.2) is 4.98 Å². The predicted molar refractivity (Wildman–Crippen MR) is 87.5 cm³/mol. The van der Waals surface area contributed by atoms with Crippen molar-refractivity contribution in [1.82, 2.24) is 10.3 Å². The van der Waals surface area contributed by atoms with Gasteiger partial charge in [-0.15, -0.1) is 0 Å². The molecule has 0 atom stereocenters. The van der Waals surface area contributed by atoms with Gasteiger partial charge in [0.15, 0.2) is 0 Å². The van der Waals surface area contributed by atoms with Crippen molar-refractivity contribution in [2.75, 3.05) is 0 Å². The van der Waals surface area contributed by atoms with Gasteiger partial charge in [-0.2, -0.15) is 0 Å². The first-order valence-electron chi connectivity index (χ1n) is 8.82. The summed E-state index contributed by atoms with van der Waals surface area (Å²) in [6, 6.07) is 3.62. The van der Waals surface area contributed by atoms with E-state index in [1.54, 1.807) is 18.3 Å². The number of ether oxygens (including phenoxy) is 1. The molecule has 5 heteroatoms. The number of rotatable bonds is 4. The topological polar surface area (TPSA) is 71.5 Å².